The van der Waals surface area contributed by atoms with Gasteiger partial charge in [0.15, 0.2) is 0 Å². The molecule has 0 aromatic carbocycles. The Morgan fingerprint density at radius 3 is 0.250 bits per heavy atom. The summed E-state index contributed by atoms with van der Waals surface area (Å²) >= 11 is 0. The third kappa shape index (κ3) is 425. The zero-order chi connectivity index (χ0) is 0. The van der Waals surface area contributed by atoms with Crippen LogP contribution in [-0.2, 0) is 43.4 Å². The van der Waals surface area contributed by atoms with Gasteiger partial charge in [-0.2, -0.15) is 0 Å². The maximum absolute atomic E-state index is 0. The van der Waals surface area contributed by atoms with Gasteiger partial charge in [0, 0.05) is 0 Å². The van der Waals surface area contributed by atoms with E-state index in [0.717, 1.165) is 0 Å². The van der Waals surface area contributed by atoms with Crippen molar-refractivity contribution in [2.24, 2.45) is 0 Å². The predicted molar refractivity (Wildman–Crippen MR) is 0 cm³/mol. The summed E-state index contributed by atoms with van der Waals surface area (Å²) in [5.74, 6) is 0. The van der Waals surface area contributed by atoms with Gasteiger partial charge in [0.25, 0.3) is 0 Å². The van der Waals surface area contributed by atoms with Crippen molar-refractivity contribution in [3.8, 4) is 0 Å². The van der Waals surface area contributed by atoms with Crippen molar-refractivity contribution in [2.45, 2.75) is 0 Å². The van der Waals surface area contributed by atoms with Gasteiger partial charge in [-0.25, -0.2) is 0 Å². The van der Waals surface area contributed by atoms with E-state index in [0.29, 0.717) is 0 Å². The Balaban J connectivity index is 0. The normalized spacial score (nSPS) is 0. The number of rotatable bonds is 0. The number of hydrogen-bond acceptors (Lipinski definition) is 0. The van der Waals surface area contributed by atoms with E-state index in [1.807, 2.05) is 0 Å². The summed E-state index contributed by atoms with van der Waals surface area (Å²) in [7, 11) is 0. The van der Waals surface area contributed by atoms with E-state index >= 15 is 0 Å². The van der Waals surface area contributed by atoms with Crippen molar-refractivity contribution in [2.75, 3.05) is 0 Å². The van der Waals surface area contributed by atoms with Gasteiger partial charge in [-0.15, -0.1) is 0 Å². The van der Waals surface area contributed by atoms with Crippen LogP contribution >= 0.6 is 0 Å². The molecule has 0 bridgehead atoms. The second-order valence-corrected chi connectivity index (χ2v) is 0. The Morgan fingerprint density at radius 2 is 0.250 bits per heavy atom. The summed E-state index contributed by atoms with van der Waals surface area (Å²) in [6, 6.07) is 0. The molecule has 0 aromatic heterocycles. The van der Waals surface area contributed by atoms with Crippen LogP contribution in [-0.4, -0.2) is 0 Å². The summed E-state index contributed by atoms with van der Waals surface area (Å²) in [4.78, 5) is 0. The molecule has 12 heavy (non-hydrogen) atoms. The van der Waals surface area contributed by atoms with Gasteiger partial charge < -0.3 is 42.3 Å². The van der Waals surface area contributed by atoms with Crippen molar-refractivity contribution in [3.63, 3.8) is 0 Å². The Labute approximate surface area is 114 Å². The molecule has 0 unspecified atom stereocenters. The molecule has 0 aliphatic heterocycles. The third-order valence-corrected chi connectivity index (χ3v) is 0. The molecule has 0 fully saturated rings. The fourth-order valence-electron chi connectivity index (χ4n) is 0. The Bertz CT molecular complexity index is 12.5. The van der Waals surface area contributed by atoms with E-state index in [-0.39, 0.29) is 115 Å². The van der Waals surface area contributed by atoms with E-state index < -0.39 is 0 Å². The average Bonchev–Trinajstić information content (AvgIpc) is 0. The van der Waals surface area contributed by atoms with Crippen molar-refractivity contribution >= 4 is 0 Å². The van der Waals surface area contributed by atoms with Crippen molar-refractivity contribution in [3.05, 3.63) is 0 Å². The first-order chi connectivity index (χ1) is 0. The van der Waals surface area contributed by atoms with Gasteiger partial charge in [0.1, 0.15) is 0 Å². The van der Waals surface area contributed by atoms with Crippen LogP contribution in [0.3, 0.4) is 0 Å². The molecule has 0 aliphatic carbocycles. The van der Waals surface area contributed by atoms with Gasteiger partial charge in [0.05, 0.1) is 0 Å². The minimum Gasteiger partial charge on any atom is -1.00 e. The molecule has 0 nitrogen and oxygen atoms in total. The molecular formula is F9NaTi2. The molecule has 0 heterocycles. The largest absolute Gasteiger partial charge is 4.00 e. The Morgan fingerprint density at radius 1 is 0.250 bits per heavy atom. The summed E-state index contributed by atoms with van der Waals surface area (Å²) in [6.45, 7) is 0. The predicted octanol–water partition coefficient (Wildman–Crippen LogP) is -30.0. The standard InChI is InChI=1S/9FH.Na.2Ti/h9*1H;;;/q;;;;;;;;;+1;2*+4/p-9. The quantitative estimate of drug-likeness (QED) is 0.307. The van der Waals surface area contributed by atoms with E-state index in [4.69, 9.17) is 0 Å². The van der Waals surface area contributed by atoms with Crippen molar-refractivity contribution in [1.82, 2.24) is 0 Å². The zero-order valence-corrected chi connectivity index (χ0v) is 10.5. The molecule has 0 atom stereocenters. The fraction of sp³-hybridized carbons (Fsp3) is 0. The van der Waals surface area contributed by atoms with Gasteiger partial charge in [-0.3, -0.25) is 0 Å². The SMILES string of the molecule is [F-].[F-].[F-].[F-].[F-].[F-].[F-].[F-].[F-].[Na+].[Ti+4].[Ti+4]. The summed E-state index contributed by atoms with van der Waals surface area (Å²) in [5.41, 5.74) is 0. The van der Waals surface area contributed by atoms with Crippen LogP contribution in [0.5, 0.6) is 0 Å². The minimum absolute atomic E-state index is 0. The molecule has 0 radical (unpaired) electrons. The van der Waals surface area contributed by atoms with Crippen molar-refractivity contribution in [1.29, 1.82) is 0 Å². The van der Waals surface area contributed by atoms with Crippen molar-refractivity contribution < 1.29 is 115 Å². The maximum Gasteiger partial charge on any atom is 4.00 e. The van der Waals surface area contributed by atoms with E-state index in [2.05, 4.69) is 0 Å². The minimum atomic E-state index is 0. The van der Waals surface area contributed by atoms with Crippen LogP contribution in [0.4, 0.5) is 0 Å². The molecule has 12 heteroatoms. The molecule has 0 rings (SSSR count). The Kier molecular flexibility index (Phi) is 32100. The summed E-state index contributed by atoms with van der Waals surface area (Å²) in [5, 5.41) is 0. The van der Waals surface area contributed by atoms with Gasteiger partial charge in [0.2, 0.25) is 0 Å². The molecule has 0 spiro atoms. The van der Waals surface area contributed by atoms with Gasteiger partial charge >= 0.3 is 73.0 Å². The zero-order valence-electron chi connectivity index (χ0n) is 5.40. The first-order valence-electron chi connectivity index (χ1n) is 0. The monoisotopic (exact) mass is 290 g/mol. The molecule has 0 amide bonds. The Hall–Kier alpha value is 1.80. The van der Waals surface area contributed by atoms with Gasteiger partial charge in [-0.05, 0) is 0 Å². The second-order valence-electron chi connectivity index (χ2n) is 0. The first kappa shape index (κ1) is 699. The molecule has 0 saturated heterocycles. The van der Waals surface area contributed by atoms with Gasteiger partial charge in [-0.1, -0.05) is 0 Å². The van der Waals surface area contributed by atoms with E-state index in [9.17, 15) is 0 Å². The number of hydrogen-bond donors (Lipinski definition) is 0. The summed E-state index contributed by atoms with van der Waals surface area (Å²) < 4.78 is 0. The third-order valence-electron chi connectivity index (χ3n) is 0. The number of halogens is 9. The maximum atomic E-state index is 0. The smallest absolute Gasteiger partial charge is 1.00 e. The van der Waals surface area contributed by atoms with E-state index in [1.165, 1.54) is 0 Å². The molecule has 0 N–H and O–H groups in total. The fourth-order valence-corrected chi connectivity index (χ4v) is 0. The van der Waals surface area contributed by atoms with Crippen LogP contribution in [0, 0.1) is 0 Å². The molecular weight excluding hydrogens is 290 g/mol. The van der Waals surface area contributed by atoms with Crippen LogP contribution in [0.1, 0.15) is 0 Å². The topological polar surface area (TPSA) is 0 Å². The molecule has 0 aliphatic rings. The molecule has 72 valence electrons. The first-order valence-corrected chi connectivity index (χ1v) is 0. The average molecular weight is 290 g/mol. The molecule has 0 aromatic rings. The van der Waals surface area contributed by atoms with Crippen LogP contribution in [0.2, 0.25) is 0 Å². The molecule has 0 saturated carbocycles. The summed E-state index contributed by atoms with van der Waals surface area (Å²) in [6.07, 6.45) is 0. The second kappa shape index (κ2) is 551. The van der Waals surface area contributed by atoms with Crippen LogP contribution in [0.25, 0.3) is 0 Å². The van der Waals surface area contributed by atoms with Crippen LogP contribution in [0.15, 0.2) is 0 Å². The van der Waals surface area contributed by atoms with Crippen LogP contribution < -0.4 is 71.9 Å². The van der Waals surface area contributed by atoms with E-state index in [1.54, 1.807) is 0 Å².